The van der Waals surface area contributed by atoms with E-state index in [9.17, 15) is 14.4 Å². The van der Waals surface area contributed by atoms with Crippen LogP contribution in [0, 0.1) is 0 Å². The first-order valence-corrected chi connectivity index (χ1v) is 29.1. The second-order valence-electron chi connectivity index (χ2n) is 19.5. The Balaban J connectivity index is 4.40. The lowest BCUT2D eigenvalue weighted by Crippen LogP contribution is -2.30. The van der Waals surface area contributed by atoms with Gasteiger partial charge in [-0.05, 0) is 103 Å². The molecular weight excluding hydrogens is 829 g/mol. The third-order valence-corrected chi connectivity index (χ3v) is 12.8. The van der Waals surface area contributed by atoms with E-state index in [-0.39, 0.29) is 31.1 Å². The van der Waals surface area contributed by atoms with Crippen molar-refractivity contribution in [3.63, 3.8) is 0 Å². The summed E-state index contributed by atoms with van der Waals surface area (Å²) in [4.78, 5) is 38.2. The van der Waals surface area contributed by atoms with E-state index in [1.54, 1.807) is 0 Å². The molecule has 6 heteroatoms. The lowest BCUT2D eigenvalue weighted by molar-refractivity contribution is -0.167. The summed E-state index contributed by atoms with van der Waals surface area (Å²) in [7, 11) is 0. The van der Waals surface area contributed by atoms with Crippen molar-refractivity contribution in [2.24, 2.45) is 0 Å². The molecule has 0 aromatic rings. The van der Waals surface area contributed by atoms with Crippen molar-refractivity contribution in [2.75, 3.05) is 13.2 Å². The van der Waals surface area contributed by atoms with Gasteiger partial charge in [0.15, 0.2) is 6.10 Å². The molecule has 1 atom stereocenters. The maximum Gasteiger partial charge on any atom is 0.306 e. The van der Waals surface area contributed by atoms with Crippen LogP contribution in [0.5, 0.6) is 0 Å². The molecule has 0 radical (unpaired) electrons. The second-order valence-corrected chi connectivity index (χ2v) is 19.5. The van der Waals surface area contributed by atoms with Crippen molar-refractivity contribution in [2.45, 2.75) is 309 Å². The maximum atomic E-state index is 12.9. The molecule has 0 fully saturated rings. The van der Waals surface area contributed by atoms with Gasteiger partial charge in [0.25, 0.3) is 0 Å². The molecule has 0 heterocycles. The van der Waals surface area contributed by atoms with Crippen molar-refractivity contribution in [1.82, 2.24) is 0 Å². The first-order valence-electron chi connectivity index (χ1n) is 29.1. The van der Waals surface area contributed by atoms with Crippen LogP contribution in [0.4, 0.5) is 0 Å². The molecule has 0 rings (SSSR count). The fourth-order valence-electron chi connectivity index (χ4n) is 8.35. The Morgan fingerprint density at radius 3 is 0.866 bits per heavy atom. The lowest BCUT2D eigenvalue weighted by atomic mass is 10.1. The molecule has 0 unspecified atom stereocenters. The summed E-state index contributed by atoms with van der Waals surface area (Å²) < 4.78 is 16.9. The highest BCUT2D eigenvalue weighted by Crippen LogP contribution is 2.15. The molecule has 0 amide bonds. The van der Waals surface area contributed by atoms with Gasteiger partial charge in [-0.2, -0.15) is 0 Å². The number of ether oxygens (including phenoxy) is 3. The van der Waals surface area contributed by atoms with E-state index in [4.69, 9.17) is 14.2 Å². The molecule has 0 N–H and O–H groups in total. The molecule has 390 valence electrons. The van der Waals surface area contributed by atoms with Gasteiger partial charge < -0.3 is 14.2 Å². The minimum absolute atomic E-state index is 0.0818. The van der Waals surface area contributed by atoms with Crippen LogP contribution in [-0.2, 0) is 28.6 Å². The number of esters is 3. The van der Waals surface area contributed by atoms with Crippen molar-refractivity contribution in [3.05, 3.63) is 48.6 Å². The predicted octanol–water partition coefficient (Wildman–Crippen LogP) is 19.4. The SMILES string of the molecule is CCCCC/C=C\C/C=C\CCCCCCCCCC(=O)OC[C@@H](COC(=O)CCCCCCC/C=C\CCCCCCCCC)OC(=O)CCCCCCC/C=C\CCCCCCCCC. The van der Waals surface area contributed by atoms with Gasteiger partial charge in [-0.15, -0.1) is 0 Å². The third kappa shape index (κ3) is 54.2. The van der Waals surface area contributed by atoms with E-state index in [1.807, 2.05) is 0 Å². The summed E-state index contributed by atoms with van der Waals surface area (Å²) in [5, 5.41) is 0. The minimum atomic E-state index is -0.783. The summed E-state index contributed by atoms with van der Waals surface area (Å²) in [6, 6.07) is 0. The zero-order valence-corrected chi connectivity index (χ0v) is 44.7. The molecule has 67 heavy (non-hydrogen) atoms. The fourth-order valence-corrected chi connectivity index (χ4v) is 8.35. The quantitative estimate of drug-likeness (QED) is 0.0262. The summed E-state index contributed by atoms with van der Waals surface area (Å²) in [5.41, 5.74) is 0. The van der Waals surface area contributed by atoms with Crippen molar-refractivity contribution < 1.29 is 28.6 Å². The molecular formula is C61H110O6. The van der Waals surface area contributed by atoms with E-state index in [1.165, 1.54) is 173 Å². The molecule has 0 aromatic carbocycles. The number of carbonyl (C=O) groups excluding carboxylic acids is 3. The van der Waals surface area contributed by atoms with E-state index >= 15 is 0 Å². The van der Waals surface area contributed by atoms with Gasteiger partial charge >= 0.3 is 17.9 Å². The highest BCUT2D eigenvalue weighted by Gasteiger charge is 2.19. The molecule has 0 aliphatic heterocycles. The molecule has 0 bridgehead atoms. The lowest BCUT2D eigenvalue weighted by Gasteiger charge is -2.18. The zero-order valence-electron chi connectivity index (χ0n) is 44.7. The Hall–Kier alpha value is -2.63. The smallest absolute Gasteiger partial charge is 0.306 e. The van der Waals surface area contributed by atoms with E-state index < -0.39 is 6.10 Å². The van der Waals surface area contributed by atoms with Gasteiger partial charge in [0.05, 0.1) is 0 Å². The van der Waals surface area contributed by atoms with Crippen molar-refractivity contribution in [1.29, 1.82) is 0 Å². The predicted molar refractivity (Wildman–Crippen MR) is 289 cm³/mol. The van der Waals surface area contributed by atoms with Crippen LogP contribution < -0.4 is 0 Å². The third-order valence-electron chi connectivity index (χ3n) is 12.8. The number of hydrogen-bond donors (Lipinski definition) is 0. The Morgan fingerprint density at radius 2 is 0.537 bits per heavy atom. The minimum Gasteiger partial charge on any atom is -0.462 e. The summed E-state index contributed by atoms with van der Waals surface area (Å²) >= 11 is 0. The van der Waals surface area contributed by atoms with E-state index in [2.05, 4.69) is 69.4 Å². The standard InChI is InChI=1S/C61H110O6/c1-4-7-10-13-16-19-22-25-28-31-34-36-39-42-45-48-51-54-60(63)66-57-58(67-61(64)55-52-49-46-43-40-37-33-30-27-24-21-18-15-12-9-6-3)56-65-59(62)53-50-47-44-41-38-35-32-29-26-23-20-17-14-11-8-5-2/h16,19,25,28-30,32-33,58H,4-15,17-18,20-24,26-27,31,34-57H2,1-3H3/b19-16-,28-25-,32-29-,33-30-/t58-/m1/s1. The molecule has 6 nitrogen and oxygen atoms in total. The Morgan fingerprint density at radius 1 is 0.299 bits per heavy atom. The van der Waals surface area contributed by atoms with Gasteiger partial charge in [0, 0.05) is 19.3 Å². The van der Waals surface area contributed by atoms with E-state index in [0.717, 1.165) is 89.9 Å². The van der Waals surface area contributed by atoms with E-state index in [0.29, 0.717) is 19.3 Å². The first-order chi connectivity index (χ1) is 33.0. The van der Waals surface area contributed by atoms with Crippen LogP contribution in [-0.4, -0.2) is 37.2 Å². The van der Waals surface area contributed by atoms with Crippen molar-refractivity contribution in [3.8, 4) is 0 Å². The molecule has 0 aromatic heterocycles. The van der Waals surface area contributed by atoms with Gasteiger partial charge in [0.2, 0.25) is 0 Å². The normalized spacial score (nSPS) is 12.3. The average Bonchev–Trinajstić information content (AvgIpc) is 3.33. The Bertz CT molecular complexity index is 1170. The number of carbonyl (C=O) groups is 3. The monoisotopic (exact) mass is 939 g/mol. The summed E-state index contributed by atoms with van der Waals surface area (Å²) in [6.07, 6.45) is 68.1. The molecule has 0 spiro atoms. The second kappa shape index (κ2) is 56.0. The number of allylic oxidation sites excluding steroid dienone is 8. The van der Waals surface area contributed by atoms with Crippen LogP contribution >= 0.6 is 0 Å². The van der Waals surface area contributed by atoms with Gasteiger partial charge in [-0.3, -0.25) is 14.4 Å². The highest BCUT2D eigenvalue weighted by atomic mass is 16.6. The van der Waals surface area contributed by atoms with Crippen LogP contribution in [0.2, 0.25) is 0 Å². The van der Waals surface area contributed by atoms with Crippen LogP contribution in [0.3, 0.4) is 0 Å². The first kappa shape index (κ1) is 64.4. The molecule has 0 aliphatic carbocycles. The molecule has 0 aliphatic rings. The number of rotatable bonds is 53. The largest absolute Gasteiger partial charge is 0.462 e. The summed E-state index contributed by atoms with van der Waals surface area (Å²) in [5.74, 6) is -0.892. The van der Waals surface area contributed by atoms with Crippen LogP contribution in [0.15, 0.2) is 48.6 Å². The topological polar surface area (TPSA) is 78.9 Å². The zero-order chi connectivity index (χ0) is 48.6. The number of hydrogen-bond acceptors (Lipinski definition) is 6. The Labute approximate surface area is 416 Å². The molecule has 0 saturated carbocycles. The summed E-state index contributed by atoms with van der Waals surface area (Å²) in [6.45, 7) is 6.62. The maximum absolute atomic E-state index is 12.9. The van der Waals surface area contributed by atoms with Gasteiger partial charge in [0.1, 0.15) is 13.2 Å². The molecule has 0 saturated heterocycles. The highest BCUT2D eigenvalue weighted by molar-refractivity contribution is 5.71. The average molecular weight is 940 g/mol. The van der Waals surface area contributed by atoms with Gasteiger partial charge in [-0.1, -0.05) is 230 Å². The van der Waals surface area contributed by atoms with Crippen LogP contribution in [0.25, 0.3) is 0 Å². The Kier molecular flexibility index (Phi) is 53.8. The van der Waals surface area contributed by atoms with Crippen molar-refractivity contribution >= 4 is 17.9 Å². The van der Waals surface area contributed by atoms with Gasteiger partial charge in [-0.25, -0.2) is 0 Å². The fraction of sp³-hybridized carbons (Fsp3) is 0.820. The number of unbranched alkanes of at least 4 members (excludes halogenated alkanes) is 34. The van der Waals surface area contributed by atoms with Crippen LogP contribution in [0.1, 0.15) is 303 Å².